The predicted molar refractivity (Wildman–Crippen MR) is 80.5 cm³/mol. The number of thioether (sulfide) groups is 1. The van der Waals surface area contributed by atoms with Crippen LogP contribution in [0.25, 0.3) is 0 Å². The first kappa shape index (κ1) is 13.7. The fourth-order valence-electron chi connectivity index (χ4n) is 3.56. The molecule has 1 amide bonds. The summed E-state index contributed by atoms with van der Waals surface area (Å²) >= 11 is 2.00. The van der Waals surface area contributed by atoms with E-state index < -0.39 is 0 Å². The number of nitrogens with zero attached hydrogens (tertiary/aromatic N) is 1. The van der Waals surface area contributed by atoms with E-state index in [0.29, 0.717) is 16.7 Å². The first-order valence-corrected chi connectivity index (χ1v) is 9.05. The molecule has 0 radical (unpaired) electrons. The fraction of sp³-hybridized carbons (Fsp3) is 0.933. The summed E-state index contributed by atoms with van der Waals surface area (Å²) < 4.78 is 0.350. The Morgan fingerprint density at radius 1 is 1.26 bits per heavy atom. The van der Waals surface area contributed by atoms with Gasteiger partial charge < -0.3 is 10.2 Å². The van der Waals surface area contributed by atoms with Crippen LogP contribution >= 0.6 is 11.8 Å². The van der Waals surface area contributed by atoms with Gasteiger partial charge in [0.15, 0.2) is 0 Å². The maximum Gasteiger partial charge on any atom is 0.239 e. The van der Waals surface area contributed by atoms with Crippen molar-refractivity contribution >= 4 is 17.7 Å². The first-order chi connectivity index (χ1) is 9.22. The molecule has 0 bridgehead atoms. The van der Waals surface area contributed by atoms with Crippen molar-refractivity contribution in [1.82, 2.24) is 10.2 Å². The summed E-state index contributed by atoms with van der Waals surface area (Å²) in [5.41, 5.74) is 0. The number of amides is 1. The largest absolute Gasteiger partial charge is 0.340 e. The molecule has 3 rings (SSSR count). The number of hydrogen-bond acceptors (Lipinski definition) is 3. The van der Waals surface area contributed by atoms with Crippen LogP contribution in [0.4, 0.5) is 0 Å². The van der Waals surface area contributed by atoms with Gasteiger partial charge in [-0.25, -0.2) is 0 Å². The first-order valence-electron chi connectivity index (χ1n) is 7.82. The third-order valence-corrected chi connectivity index (χ3v) is 6.39. The second-order valence-corrected chi connectivity index (χ2v) is 7.76. The van der Waals surface area contributed by atoms with Gasteiger partial charge in [-0.2, -0.15) is 11.8 Å². The summed E-state index contributed by atoms with van der Waals surface area (Å²) in [6, 6.07) is 0.757. The molecular weight excluding hydrogens is 256 g/mol. The van der Waals surface area contributed by atoms with E-state index in [2.05, 4.69) is 16.5 Å². The predicted octanol–water partition coefficient (Wildman–Crippen LogP) is 2.41. The molecule has 1 unspecified atom stereocenters. The Hall–Kier alpha value is -0.220. The van der Waals surface area contributed by atoms with Gasteiger partial charge in [0.2, 0.25) is 5.91 Å². The standard InChI is InChI=1S/C15H26N2OS/c1-19-15(8-3-2-4-9-15)11-17-10-7-13(14(17)18)16-12-5-6-12/h12-13,16H,2-11H2,1H3. The Kier molecular flexibility index (Phi) is 4.08. The lowest BCUT2D eigenvalue weighted by molar-refractivity contribution is -0.129. The van der Waals surface area contributed by atoms with Crippen molar-refractivity contribution in [1.29, 1.82) is 0 Å². The maximum absolute atomic E-state index is 12.5. The van der Waals surface area contributed by atoms with Crippen LogP contribution in [-0.4, -0.2) is 47.0 Å². The fourth-order valence-corrected chi connectivity index (χ4v) is 4.54. The van der Waals surface area contributed by atoms with Crippen LogP contribution in [0.5, 0.6) is 0 Å². The summed E-state index contributed by atoms with van der Waals surface area (Å²) in [5.74, 6) is 0.367. The number of rotatable bonds is 5. The lowest BCUT2D eigenvalue weighted by atomic mass is 9.88. The molecule has 1 saturated heterocycles. The average molecular weight is 282 g/mol. The van der Waals surface area contributed by atoms with Crippen molar-refractivity contribution in [3.63, 3.8) is 0 Å². The molecule has 1 atom stereocenters. The summed E-state index contributed by atoms with van der Waals surface area (Å²) in [6.07, 6.45) is 12.4. The van der Waals surface area contributed by atoms with E-state index in [1.54, 1.807) is 0 Å². The number of carbonyl (C=O) groups is 1. The van der Waals surface area contributed by atoms with Crippen molar-refractivity contribution in [2.75, 3.05) is 19.3 Å². The smallest absolute Gasteiger partial charge is 0.239 e. The second kappa shape index (κ2) is 5.65. The van der Waals surface area contributed by atoms with Crippen LogP contribution in [0, 0.1) is 0 Å². The molecule has 4 heteroatoms. The van der Waals surface area contributed by atoms with Gasteiger partial charge in [0, 0.05) is 23.9 Å². The Balaban J connectivity index is 1.57. The van der Waals surface area contributed by atoms with Gasteiger partial charge in [-0.05, 0) is 38.4 Å². The Labute approximate surface area is 120 Å². The topological polar surface area (TPSA) is 32.3 Å². The maximum atomic E-state index is 12.5. The molecule has 1 aliphatic heterocycles. The molecule has 2 saturated carbocycles. The molecule has 0 aromatic carbocycles. The van der Waals surface area contributed by atoms with Gasteiger partial charge in [0.25, 0.3) is 0 Å². The minimum absolute atomic E-state index is 0.120. The molecule has 1 heterocycles. The van der Waals surface area contributed by atoms with Crippen LogP contribution in [0.1, 0.15) is 51.4 Å². The molecule has 1 N–H and O–H groups in total. The van der Waals surface area contributed by atoms with Gasteiger partial charge in [0.1, 0.15) is 0 Å². The van der Waals surface area contributed by atoms with Crippen molar-refractivity contribution < 1.29 is 4.79 Å². The van der Waals surface area contributed by atoms with Crippen LogP contribution in [0.3, 0.4) is 0 Å². The van der Waals surface area contributed by atoms with E-state index in [4.69, 9.17) is 0 Å². The normalized spacial score (nSPS) is 30.9. The molecular formula is C15H26N2OS. The second-order valence-electron chi connectivity index (χ2n) is 6.49. The van der Waals surface area contributed by atoms with Crippen molar-refractivity contribution in [3.8, 4) is 0 Å². The van der Waals surface area contributed by atoms with Gasteiger partial charge in [-0.1, -0.05) is 19.3 Å². The summed E-state index contributed by atoms with van der Waals surface area (Å²) in [6.45, 7) is 1.95. The molecule has 0 aromatic rings. The zero-order valence-corrected chi connectivity index (χ0v) is 12.8. The van der Waals surface area contributed by atoms with E-state index in [-0.39, 0.29) is 6.04 Å². The SMILES string of the molecule is CSC1(CN2CCC(NC3CC3)C2=O)CCCCC1. The molecule has 0 aromatic heterocycles. The highest BCUT2D eigenvalue weighted by atomic mass is 32.2. The Morgan fingerprint density at radius 3 is 2.63 bits per heavy atom. The number of nitrogens with one attached hydrogen (secondary N) is 1. The lowest BCUT2D eigenvalue weighted by Gasteiger charge is -2.38. The van der Waals surface area contributed by atoms with Crippen molar-refractivity contribution in [3.05, 3.63) is 0 Å². The van der Waals surface area contributed by atoms with Gasteiger partial charge >= 0.3 is 0 Å². The molecule has 108 valence electrons. The third kappa shape index (κ3) is 3.10. The van der Waals surface area contributed by atoms with Crippen LogP contribution < -0.4 is 5.32 Å². The van der Waals surface area contributed by atoms with Crippen molar-refractivity contribution in [2.45, 2.75) is 68.2 Å². The van der Waals surface area contributed by atoms with E-state index >= 15 is 0 Å². The van der Waals surface area contributed by atoms with E-state index in [9.17, 15) is 4.79 Å². The Bertz CT molecular complexity index is 337. The third-order valence-electron chi connectivity index (χ3n) is 4.99. The number of likely N-dealkylation sites (tertiary alicyclic amines) is 1. The van der Waals surface area contributed by atoms with Gasteiger partial charge in [-0.15, -0.1) is 0 Å². The summed E-state index contributed by atoms with van der Waals surface area (Å²) in [4.78, 5) is 14.6. The average Bonchev–Trinajstić information content (AvgIpc) is 3.20. The number of carbonyl (C=O) groups excluding carboxylic acids is 1. The monoisotopic (exact) mass is 282 g/mol. The quantitative estimate of drug-likeness (QED) is 0.840. The van der Waals surface area contributed by atoms with Crippen molar-refractivity contribution in [2.24, 2.45) is 0 Å². The van der Waals surface area contributed by atoms with Crippen LogP contribution in [-0.2, 0) is 4.79 Å². The van der Waals surface area contributed by atoms with Crippen LogP contribution in [0.2, 0.25) is 0 Å². The lowest BCUT2D eigenvalue weighted by Crippen LogP contribution is -2.46. The zero-order chi connectivity index (χ0) is 13.3. The van der Waals surface area contributed by atoms with Gasteiger partial charge in [0.05, 0.1) is 6.04 Å². The Morgan fingerprint density at radius 2 is 2.00 bits per heavy atom. The van der Waals surface area contributed by atoms with Crippen LogP contribution in [0.15, 0.2) is 0 Å². The highest BCUT2D eigenvalue weighted by Crippen LogP contribution is 2.40. The van der Waals surface area contributed by atoms with E-state index in [1.807, 2.05) is 11.8 Å². The molecule has 2 aliphatic carbocycles. The minimum Gasteiger partial charge on any atom is -0.340 e. The minimum atomic E-state index is 0.120. The molecule has 0 spiro atoms. The molecule has 19 heavy (non-hydrogen) atoms. The van der Waals surface area contributed by atoms with E-state index in [0.717, 1.165) is 19.5 Å². The summed E-state index contributed by atoms with van der Waals surface area (Å²) in [5, 5.41) is 3.50. The highest BCUT2D eigenvalue weighted by molar-refractivity contribution is 8.00. The van der Waals surface area contributed by atoms with Gasteiger partial charge in [-0.3, -0.25) is 4.79 Å². The molecule has 3 fully saturated rings. The molecule has 3 aliphatic rings. The molecule has 3 nitrogen and oxygen atoms in total. The summed E-state index contributed by atoms with van der Waals surface area (Å²) in [7, 11) is 0. The number of hydrogen-bond donors (Lipinski definition) is 1. The highest BCUT2D eigenvalue weighted by Gasteiger charge is 2.40. The zero-order valence-electron chi connectivity index (χ0n) is 12.0. The van der Waals surface area contributed by atoms with E-state index in [1.165, 1.54) is 44.9 Å².